The Morgan fingerprint density at radius 3 is 3.05 bits per heavy atom. The van der Waals surface area contributed by atoms with E-state index in [0.717, 1.165) is 5.16 Å². The summed E-state index contributed by atoms with van der Waals surface area (Å²) >= 11 is 1.50. The lowest BCUT2D eigenvalue weighted by Crippen LogP contribution is -2.15. The van der Waals surface area contributed by atoms with Crippen molar-refractivity contribution in [1.82, 2.24) is 29.1 Å². The summed E-state index contributed by atoms with van der Waals surface area (Å²) in [5.74, 6) is 0.988. The highest BCUT2D eigenvalue weighted by atomic mass is 32.2. The summed E-state index contributed by atoms with van der Waals surface area (Å²) in [6.07, 6.45) is 3.59. The van der Waals surface area contributed by atoms with Gasteiger partial charge in [0.1, 0.15) is 0 Å². The fourth-order valence-corrected chi connectivity index (χ4v) is 2.47. The summed E-state index contributed by atoms with van der Waals surface area (Å²) in [5, 5.41) is 3.48. The van der Waals surface area contributed by atoms with Crippen molar-refractivity contribution in [1.29, 1.82) is 0 Å². The van der Waals surface area contributed by atoms with Crippen molar-refractivity contribution in [3.05, 3.63) is 34.5 Å². The molecule has 0 amide bonds. The van der Waals surface area contributed by atoms with Crippen LogP contribution in [0.3, 0.4) is 0 Å². The van der Waals surface area contributed by atoms with E-state index in [4.69, 9.17) is 5.73 Å². The number of nitrogens with zero attached hydrogens (tertiary/aromatic N) is 5. The largest absolute Gasteiger partial charge is 0.368 e. The van der Waals surface area contributed by atoms with Crippen molar-refractivity contribution in [2.45, 2.75) is 10.9 Å². The number of hydrogen-bond donors (Lipinski definition) is 2. The van der Waals surface area contributed by atoms with Crippen molar-refractivity contribution < 1.29 is 0 Å². The summed E-state index contributed by atoms with van der Waals surface area (Å²) in [7, 11) is 1.91. The van der Waals surface area contributed by atoms with Crippen molar-refractivity contribution in [3.8, 4) is 0 Å². The molecule has 0 aromatic carbocycles. The van der Waals surface area contributed by atoms with Gasteiger partial charge < -0.3 is 10.3 Å². The fourth-order valence-electron chi connectivity index (χ4n) is 1.65. The number of aromatic nitrogens is 6. The molecule has 19 heavy (non-hydrogen) atoms. The number of thioether (sulfide) groups is 1. The number of anilines is 1. The third kappa shape index (κ3) is 2.19. The lowest BCUT2D eigenvalue weighted by Gasteiger charge is -2.01. The van der Waals surface area contributed by atoms with E-state index in [1.165, 1.54) is 22.3 Å². The molecule has 3 aromatic heterocycles. The Morgan fingerprint density at radius 2 is 2.32 bits per heavy atom. The molecule has 8 nitrogen and oxygen atoms in total. The van der Waals surface area contributed by atoms with Gasteiger partial charge in [0.15, 0.2) is 5.16 Å². The van der Waals surface area contributed by atoms with Crippen LogP contribution in [-0.4, -0.2) is 29.1 Å². The van der Waals surface area contributed by atoms with Gasteiger partial charge in [-0.1, -0.05) is 11.8 Å². The molecular formula is C10H11N7OS. The number of imidazole rings is 1. The molecule has 98 valence electrons. The van der Waals surface area contributed by atoms with Crippen LogP contribution in [-0.2, 0) is 12.8 Å². The summed E-state index contributed by atoms with van der Waals surface area (Å²) in [6, 6.07) is 1.46. The maximum Gasteiger partial charge on any atom is 0.274 e. The molecule has 3 heterocycles. The smallest absolute Gasteiger partial charge is 0.274 e. The second kappa shape index (κ2) is 4.43. The molecule has 3 N–H and O–H groups in total. The zero-order chi connectivity index (χ0) is 13.4. The first-order valence-corrected chi connectivity index (χ1v) is 6.46. The molecule has 9 heteroatoms. The lowest BCUT2D eigenvalue weighted by molar-refractivity contribution is 0.789. The third-order valence-corrected chi connectivity index (χ3v) is 3.62. The molecule has 0 aliphatic rings. The molecule has 0 spiro atoms. The van der Waals surface area contributed by atoms with Gasteiger partial charge in [-0.2, -0.15) is 9.50 Å². The van der Waals surface area contributed by atoms with Crippen LogP contribution in [0, 0.1) is 0 Å². The van der Waals surface area contributed by atoms with Gasteiger partial charge in [-0.05, 0) is 0 Å². The molecule has 0 fully saturated rings. The van der Waals surface area contributed by atoms with Crippen molar-refractivity contribution in [3.63, 3.8) is 0 Å². The SMILES string of the molecule is Cn1ccnc1SCc1cc(=O)n2[nH]c(N)nc2n1. The van der Waals surface area contributed by atoms with E-state index in [9.17, 15) is 4.79 Å². The van der Waals surface area contributed by atoms with Gasteiger partial charge in [0.2, 0.25) is 5.95 Å². The second-order valence-corrected chi connectivity index (χ2v) is 4.88. The van der Waals surface area contributed by atoms with Gasteiger partial charge in [0.25, 0.3) is 11.3 Å². The van der Waals surface area contributed by atoms with Crippen LogP contribution in [0.25, 0.3) is 5.78 Å². The number of nitrogen functional groups attached to an aromatic ring is 1. The second-order valence-electron chi connectivity index (χ2n) is 3.94. The summed E-state index contributed by atoms with van der Waals surface area (Å²) in [6.45, 7) is 0. The quantitative estimate of drug-likeness (QED) is 0.654. The number of rotatable bonds is 3. The van der Waals surface area contributed by atoms with E-state index in [1.807, 2.05) is 17.8 Å². The van der Waals surface area contributed by atoms with Crippen LogP contribution in [0.5, 0.6) is 0 Å². The number of nitrogens with two attached hydrogens (primary N) is 1. The standard InChI is InChI=1S/C10H11N7OS/c1-16-3-2-12-10(16)19-5-6-4-7(18)17-9(13-6)14-8(11)15-17/h2-4H,5H2,1H3,(H3,11,13,14,15). The Kier molecular flexibility index (Phi) is 2.75. The van der Waals surface area contributed by atoms with Crippen LogP contribution in [0.2, 0.25) is 0 Å². The summed E-state index contributed by atoms with van der Waals surface area (Å²) < 4.78 is 3.12. The minimum absolute atomic E-state index is 0.165. The van der Waals surface area contributed by atoms with Crippen molar-refractivity contribution in [2.75, 3.05) is 5.73 Å². The van der Waals surface area contributed by atoms with Crippen LogP contribution in [0.1, 0.15) is 5.69 Å². The highest BCUT2D eigenvalue weighted by molar-refractivity contribution is 7.98. The Hall–Kier alpha value is -2.29. The molecule has 0 aliphatic heterocycles. The first kappa shape index (κ1) is 11.8. The predicted octanol–water partition coefficient (Wildman–Crippen LogP) is 0.0256. The van der Waals surface area contributed by atoms with Crippen LogP contribution >= 0.6 is 11.8 Å². The zero-order valence-electron chi connectivity index (χ0n) is 10.1. The fraction of sp³-hybridized carbons (Fsp3) is 0.200. The topological polar surface area (TPSA) is 107 Å². The van der Waals surface area contributed by atoms with Gasteiger partial charge in [0, 0.05) is 31.3 Å². The molecule has 0 atom stereocenters. The maximum atomic E-state index is 11.8. The molecule has 0 saturated carbocycles. The molecule has 0 bridgehead atoms. The van der Waals surface area contributed by atoms with Crippen molar-refractivity contribution in [2.24, 2.45) is 7.05 Å². The summed E-state index contributed by atoms with van der Waals surface area (Å²) in [4.78, 5) is 24.2. The Morgan fingerprint density at radius 1 is 1.47 bits per heavy atom. The molecule has 0 radical (unpaired) electrons. The van der Waals surface area contributed by atoms with Crippen LogP contribution < -0.4 is 11.3 Å². The zero-order valence-corrected chi connectivity index (χ0v) is 10.9. The molecule has 0 unspecified atom stereocenters. The van der Waals surface area contributed by atoms with E-state index < -0.39 is 0 Å². The van der Waals surface area contributed by atoms with E-state index >= 15 is 0 Å². The number of hydrogen-bond acceptors (Lipinski definition) is 6. The molecule has 3 rings (SSSR count). The van der Waals surface area contributed by atoms with Crippen LogP contribution in [0.4, 0.5) is 5.95 Å². The van der Waals surface area contributed by atoms with Gasteiger partial charge in [-0.3, -0.25) is 9.89 Å². The highest BCUT2D eigenvalue weighted by Gasteiger charge is 2.08. The number of H-pyrrole nitrogens is 1. The van der Waals surface area contributed by atoms with Gasteiger partial charge in [0.05, 0.1) is 5.69 Å². The van der Waals surface area contributed by atoms with E-state index in [-0.39, 0.29) is 17.3 Å². The highest BCUT2D eigenvalue weighted by Crippen LogP contribution is 2.18. The molecule has 0 aliphatic carbocycles. The Labute approximate surface area is 111 Å². The molecule has 3 aromatic rings. The monoisotopic (exact) mass is 277 g/mol. The van der Waals surface area contributed by atoms with Gasteiger partial charge >= 0.3 is 0 Å². The average Bonchev–Trinajstić information content (AvgIpc) is 2.92. The summed E-state index contributed by atoms with van der Waals surface area (Å²) in [5.41, 5.74) is 5.91. The first-order chi connectivity index (χ1) is 9.13. The van der Waals surface area contributed by atoms with Gasteiger partial charge in [-0.15, -0.1) is 0 Å². The average molecular weight is 277 g/mol. The number of aromatic amines is 1. The minimum Gasteiger partial charge on any atom is -0.368 e. The molecular weight excluding hydrogens is 266 g/mol. The third-order valence-electron chi connectivity index (χ3n) is 2.53. The minimum atomic E-state index is -0.232. The van der Waals surface area contributed by atoms with E-state index in [1.54, 1.807) is 6.20 Å². The molecule has 0 saturated heterocycles. The number of fused-ring (bicyclic) bond motifs is 1. The normalized spacial score (nSPS) is 11.2. The van der Waals surface area contributed by atoms with E-state index in [0.29, 0.717) is 11.4 Å². The lowest BCUT2D eigenvalue weighted by atomic mass is 10.4. The Bertz CT molecular complexity index is 787. The predicted molar refractivity (Wildman–Crippen MR) is 70.8 cm³/mol. The van der Waals surface area contributed by atoms with Crippen LogP contribution in [0.15, 0.2) is 28.4 Å². The van der Waals surface area contributed by atoms with E-state index in [2.05, 4.69) is 20.1 Å². The number of nitrogens with one attached hydrogen (secondary N) is 1. The van der Waals surface area contributed by atoms with Gasteiger partial charge in [-0.25, -0.2) is 9.97 Å². The first-order valence-electron chi connectivity index (χ1n) is 5.48. The van der Waals surface area contributed by atoms with Crippen molar-refractivity contribution >= 4 is 23.5 Å². The Balaban J connectivity index is 1.89. The number of aryl methyl sites for hydroxylation is 1. The maximum absolute atomic E-state index is 11.8.